The van der Waals surface area contributed by atoms with Crippen LogP contribution in [0.2, 0.25) is 5.02 Å². The number of urea groups is 1. The van der Waals surface area contributed by atoms with Crippen LogP contribution in [0, 0.1) is 0 Å². The van der Waals surface area contributed by atoms with Gasteiger partial charge in [0.25, 0.3) is 0 Å². The van der Waals surface area contributed by atoms with Gasteiger partial charge < -0.3 is 20.7 Å². The zero-order valence-electron chi connectivity index (χ0n) is 17.6. The molecule has 2 heterocycles. The number of amides is 2. The number of phenolic OH excluding ortho intramolecular Hbond substituents is 1. The number of halogens is 1. The Morgan fingerprint density at radius 3 is 2.44 bits per heavy atom. The van der Waals surface area contributed by atoms with Crippen molar-refractivity contribution in [3.63, 3.8) is 0 Å². The van der Waals surface area contributed by atoms with E-state index >= 15 is 0 Å². The topological polar surface area (TPSA) is 103 Å². The average Bonchev–Trinajstić information content (AvgIpc) is 3.23. The highest BCUT2D eigenvalue weighted by atomic mass is 35.5. The number of phenols is 1. The molecule has 2 amide bonds. The number of para-hydroxylation sites is 1. The van der Waals surface area contributed by atoms with E-state index in [1.807, 2.05) is 56.3 Å². The van der Waals surface area contributed by atoms with Crippen molar-refractivity contribution in [3.05, 3.63) is 83.9 Å². The predicted octanol–water partition coefficient (Wildman–Crippen LogP) is 5.55. The van der Waals surface area contributed by atoms with Crippen LogP contribution in [-0.4, -0.2) is 26.1 Å². The quantitative estimate of drug-likeness (QED) is 0.322. The third-order valence-electron chi connectivity index (χ3n) is 4.94. The molecule has 7 nitrogen and oxygen atoms in total. The first-order valence-corrected chi connectivity index (χ1v) is 10.4. The molecule has 4 N–H and O–H groups in total. The molecule has 0 aliphatic heterocycles. The SMILES string of the molecule is CC(C)(NC(=O)Nc1ccccc1)c1nc(-c2ccc(Cl)c(O)c2)c(-c2ccncc2)[nH]1. The van der Waals surface area contributed by atoms with Gasteiger partial charge in [0.15, 0.2) is 0 Å². The number of aromatic amines is 1. The Balaban J connectivity index is 1.70. The lowest BCUT2D eigenvalue weighted by Crippen LogP contribution is -2.44. The second kappa shape index (κ2) is 8.72. The van der Waals surface area contributed by atoms with Gasteiger partial charge in [-0.3, -0.25) is 4.98 Å². The largest absolute Gasteiger partial charge is 0.506 e. The molecule has 0 unspecified atom stereocenters. The van der Waals surface area contributed by atoms with Gasteiger partial charge in [0.05, 0.1) is 21.9 Å². The standard InChI is InChI=1S/C24H22ClN5O2/c1-24(2,30-23(32)27-17-6-4-3-5-7-17)22-28-20(15-10-12-26-13-11-15)21(29-22)16-8-9-18(25)19(31)14-16/h3-14,31H,1-2H3,(H,28,29)(H2,27,30,32). The van der Waals surface area contributed by atoms with Gasteiger partial charge in [-0.05, 0) is 50.2 Å². The number of nitrogens with zero attached hydrogens (tertiary/aromatic N) is 2. The summed E-state index contributed by atoms with van der Waals surface area (Å²) in [5.41, 5.74) is 2.78. The molecule has 2 aromatic carbocycles. The molecule has 162 valence electrons. The lowest BCUT2D eigenvalue weighted by Gasteiger charge is -2.24. The number of nitrogens with one attached hydrogen (secondary N) is 3. The Hall–Kier alpha value is -3.84. The highest BCUT2D eigenvalue weighted by Crippen LogP contribution is 2.35. The Bertz CT molecular complexity index is 1240. The minimum Gasteiger partial charge on any atom is -0.506 e. The minimum absolute atomic E-state index is 0.0333. The Kier molecular flexibility index (Phi) is 5.83. The second-order valence-corrected chi connectivity index (χ2v) is 8.19. The first kappa shape index (κ1) is 21.4. The summed E-state index contributed by atoms with van der Waals surface area (Å²) in [4.78, 5) is 24.8. The zero-order valence-corrected chi connectivity index (χ0v) is 18.3. The molecule has 0 radical (unpaired) electrons. The minimum atomic E-state index is -0.826. The van der Waals surface area contributed by atoms with E-state index in [1.54, 1.807) is 30.6 Å². The fourth-order valence-electron chi connectivity index (χ4n) is 3.29. The normalized spacial score (nSPS) is 11.2. The molecule has 0 saturated carbocycles. The van der Waals surface area contributed by atoms with Gasteiger partial charge in [-0.15, -0.1) is 0 Å². The molecule has 0 atom stereocenters. The molecule has 32 heavy (non-hydrogen) atoms. The Labute approximate surface area is 190 Å². The Morgan fingerprint density at radius 2 is 1.75 bits per heavy atom. The van der Waals surface area contributed by atoms with Gasteiger partial charge in [0, 0.05) is 29.2 Å². The number of carbonyl (C=O) groups excluding carboxylic acids is 1. The van der Waals surface area contributed by atoms with E-state index in [0.29, 0.717) is 22.8 Å². The fraction of sp³-hybridized carbons (Fsp3) is 0.125. The van der Waals surface area contributed by atoms with Gasteiger partial charge in [-0.2, -0.15) is 0 Å². The van der Waals surface area contributed by atoms with Crippen molar-refractivity contribution in [1.29, 1.82) is 0 Å². The van der Waals surface area contributed by atoms with Crippen LogP contribution in [0.3, 0.4) is 0 Å². The van der Waals surface area contributed by atoms with Crippen molar-refractivity contribution in [1.82, 2.24) is 20.3 Å². The van der Waals surface area contributed by atoms with Crippen molar-refractivity contribution >= 4 is 23.3 Å². The summed E-state index contributed by atoms with van der Waals surface area (Å²) < 4.78 is 0. The molecule has 0 saturated heterocycles. The predicted molar refractivity (Wildman–Crippen MR) is 126 cm³/mol. The lowest BCUT2D eigenvalue weighted by molar-refractivity contribution is 0.240. The number of benzene rings is 2. The average molecular weight is 448 g/mol. The summed E-state index contributed by atoms with van der Waals surface area (Å²) in [6.45, 7) is 3.71. The first-order valence-electron chi connectivity index (χ1n) is 9.97. The maximum Gasteiger partial charge on any atom is 0.320 e. The number of rotatable bonds is 5. The number of aromatic nitrogens is 3. The number of hydrogen-bond donors (Lipinski definition) is 4. The number of hydrogen-bond acceptors (Lipinski definition) is 4. The van der Waals surface area contributed by atoms with Crippen LogP contribution >= 0.6 is 11.6 Å². The third kappa shape index (κ3) is 4.58. The number of pyridine rings is 1. The first-order chi connectivity index (χ1) is 15.3. The molecular formula is C24H22ClN5O2. The van der Waals surface area contributed by atoms with Crippen molar-refractivity contribution in [2.45, 2.75) is 19.4 Å². The van der Waals surface area contributed by atoms with Gasteiger partial charge in [0.2, 0.25) is 0 Å². The van der Waals surface area contributed by atoms with Crippen LogP contribution < -0.4 is 10.6 Å². The monoisotopic (exact) mass is 447 g/mol. The molecule has 4 rings (SSSR count). The van der Waals surface area contributed by atoms with Crippen molar-refractivity contribution < 1.29 is 9.90 Å². The number of aromatic hydroxyl groups is 1. The van der Waals surface area contributed by atoms with E-state index in [0.717, 1.165) is 11.3 Å². The number of anilines is 1. The summed E-state index contributed by atoms with van der Waals surface area (Å²) in [7, 11) is 0. The van der Waals surface area contributed by atoms with Crippen LogP contribution in [0.15, 0.2) is 73.1 Å². The van der Waals surface area contributed by atoms with E-state index in [2.05, 4.69) is 20.6 Å². The number of H-pyrrole nitrogens is 1. The molecule has 4 aromatic rings. The molecule has 0 aliphatic rings. The highest BCUT2D eigenvalue weighted by molar-refractivity contribution is 6.32. The Morgan fingerprint density at radius 1 is 1.03 bits per heavy atom. The van der Waals surface area contributed by atoms with Crippen molar-refractivity contribution in [3.8, 4) is 28.3 Å². The van der Waals surface area contributed by atoms with E-state index in [-0.39, 0.29) is 16.8 Å². The summed E-state index contributed by atoms with van der Waals surface area (Å²) in [6, 6.07) is 17.5. The third-order valence-corrected chi connectivity index (χ3v) is 5.26. The van der Waals surface area contributed by atoms with Crippen LogP contribution in [0.1, 0.15) is 19.7 Å². The number of imidazole rings is 1. The smallest absolute Gasteiger partial charge is 0.320 e. The fourth-order valence-corrected chi connectivity index (χ4v) is 3.41. The van der Waals surface area contributed by atoms with Crippen molar-refractivity contribution in [2.75, 3.05) is 5.32 Å². The maximum atomic E-state index is 12.6. The molecule has 0 spiro atoms. The second-order valence-electron chi connectivity index (χ2n) is 7.78. The maximum absolute atomic E-state index is 12.6. The summed E-state index contributed by atoms with van der Waals surface area (Å²) >= 11 is 5.99. The van der Waals surface area contributed by atoms with Gasteiger partial charge in [-0.25, -0.2) is 9.78 Å². The number of carbonyl (C=O) groups is 1. The molecule has 0 fully saturated rings. The lowest BCUT2D eigenvalue weighted by atomic mass is 10.1. The van der Waals surface area contributed by atoms with Crippen LogP contribution in [-0.2, 0) is 5.54 Å². The van der Waals surface area contributed by atoms with Gasteiger partial charge >= 0.3 is 6.03 Å². The molecule has 8 heteroatoms. The van der Waals surface area contributed by atoms with Gasteiger partial charge in [-0.1, -0.05) is 35.9 Å². The molecule has 2 aromatic heterocycles. The molecular weight excluding hydrogens is 426 g/mol. The summed E-state index contributed by atoms with van der Waals surface area (Å²) in [6.07, 6.45) is 3.38. The van der Waals surface area contributed by atoms with Crippen LogP contribution in [0.5, 0.6) is 5.75 Å². The van der Waals surface area contributed by atoms with E-state index in [4.69, 9.17) is 16.6 Å². The van der Waals surface area contributed by atoms with Crippen molar-refractivity contribution in [2.24, 2.45) is 0 Å². The highest BCUT2D eigenvalue weighted by Gasteiger charge is 2.29. The summed E-state index contributed by atoms with van der Waals surface area (Å²) in [5.74, 6) is 0.519. The molecule has 0 bridgehead atoms. The molecule has 0 aliphatic carbocycles. The zero-order chi connectivity index (χ0) is 22.7. The van der Waals surface area contributed by atoms with Crippen LogP contribution in [0.4, 0.5) is 10.5 Å². The van der Waals surface area contributed by atoms with Gasteiger partial charge in [0.1, 0.15) is 11.6 Å². The van der Waals surface area contributed by atoms with E-state index in [9.17, 15) is 9.90 Å². The van der Waals surface area contributed by atoms with E-state index < -0.39 is 5.54 Å². The van der Waals surface area contributed by atoms with Crippen LogP contribution in [0.25, 0.3) is 22.5 Å². The summed E-state index contributed by atoms with van der Waals surface area (Å²) in [5, 5.41) is 16.1. The van der Waals surface area contributed by atoms with E-state index in [1.165, 1.54) is 0 Å².